The molecule has 3 heteroatoms. The van der Waals surface area contributed by atoms with Crippen LogP contribution in [0.1, 0.15) is 44.2 Å². The summed E-state index contributed by atoms with van der Waals surface area (Å²) < 4.78 is 0. The summed E-state index contributed by atoms with van der Waals surface area (Å²) in [5.74, 6) is 0.864. The first kappa shape index (κ1) is 14.1. The fraction of sp³-hybridized carbons (Fsp3) is 0.562. The Labute approximate surface area is 115 Å². The molecule has 0 aromatic heterocycles. The number of carbonyl (C=O) groups excluding carboxylic acids is 1. The molecule has 1 aliphatic heterocycles. The van der Waals surface area contributed by atoms with Crippen molar-refractivity contribution >= 4 is 5.91 Å². The number of likely N-dealkylation sites (tertiary alicyclic amines) is 1. The van der Waals surface area contributed by atoms with Crippen molar-refractivity contribution in [1.29, 1.82) is 0 Å². The maximum atomic E-state index is 12.4. The zero-order chi connectivity index (χ0) is 13.7. The van der Waals surface area contributed by atoms with E-state index in [9.17, 15) is 4.79 Å². The van der Waals surface area contributed by atoms with Crippen LogP contribution >= 0.6 is 0 Å². The van der Waals surface area contributed by atoms with Crippen molar-refractivity contribution in [2.45, 2.75) is 38.6 Å². The lowest BCUT2D eigenvalue weighted by Gasteiger charge is -2.33. The summed E-state index contributed by atoms with van der Waals surface area (Å²) in [6.45, 7) is 3.96. The first-order chi connectivity index (χ1) is 9.22. The van der Waals surface area contributed by atoms with Crippen molar-refractivity contribution in [3.05, 3.63) is 35.9 Å². The van der Waals surface area contributed by atoms with E-state index < -0.39 is 6.04 Å². The van der Waals surface area contributed by atoms with Crippen LogP contribution in [0.3, 0.4) is 0 Å². The van der Waals surface area contributed by atoms with Crippen molar-refractivity contribution in [1.82, 2.24) is 4.90 Å². The third kappa shape index (κ3) is 3.57. The number of nitrogens with two attached hydrogens (primary N) is 1. The molecular weight excluding hydrogens is 236 g/mol. The third-order valence-corrected chi connectivity index (χ3v) is 4.05. The van der Waals surface area contributed by atoms with Gasteiger partial charge in [0.25, 0.3) is 0 Å². The average molecular weight is 260 g/mol. The molecule has 104 valence electrons. The van der Waals surface area contributed by atoms with Crippen molar-refractivity contribution in [3.63, 3.8) is 0 Å². The van der Waals surface area contributed by atoms with Crippen LogP contribution in [-0.2, 0) is 4.79 Å². The van der Waals surface area contributed by atoms with Gasteiger partial charge >= 0.3 is 0 Å². The van der Waals surface area contributed by atoms with E-state index in [0.717, 1.165) is 37.4 Å². The Balaban J connectivity index is 1.91. The van der Waals surface area contributed by atoms with Gasteiger partial charge in [0.1, 0.15) is 6.04 Å². The van der Waals surface area contributed by atoms with Crippen molar-refractivity contribution < 1.29 is 4.79 Å². The second-order valence-corrected chi connectivity index (χ2v) is 5.45. The van der Waals surface area contributed by atoms with Gasteiger partial charge in [0.15, 0.2) is 0 Å². The fourth-order valence-electron chi connectivity index (χ4n) is 2.85. The van der Waals surface area contributed by atoms with Crippen molar-refractivity contribution in [2.75, 3.05) is 13.1 Å². The molecule has 0 spiro atoms. The number of amides is 1. The maximum Gasteiger partial charge on any atom is 0.244 e. The number of hydrogen-bond acceptors (Lipinski definition) is 2. The molecule has 2 rings (SSSR count). The zero-order valence-electron chi connectivity index (χ0n) is 11.7. The standard InChI is InChI=1S/C16H24N2O/c1-2-6-13-9-11-18(12-10-13)16(19)15(17)14-7-4-3-5-8-14/h3-5,7-8,13,15H,2,6,9-12,17H2,1H3/t15-/m1/s1. The molecule has 1 aromatic rings. The number of carbonyl (C=O) groups is 1. The van der Waals surface area contributed by atoms with E-state index in [1.54, 1.807) is 0 Å². The molecule has 0 aliphatic carbocycles. The predicted octanol–water partition coefficient (Wildman–Crippen LogP) is 2.73. The molecule has 2 N–H and O–H groups in total. The smallest absolute Gasteiger partial charge is 0.244 e. The Kier molecular flexibility index (Phi) is 4.97. The van der Waals surface area contributed by atoms with Gasteiger partial charge in [0.05, 0.1) is 0 Å². The van der Waals surface area contributed by atoms with E-state index in [-0.39, 0.29) is 5.91 Å². The van der Waals surface area contributed by atoms with Crippen LogP contribution < -0.4 is 5.73 Å². The highest BCUT2D eigenvalue weighted by Gasteiger charge is 2.26. The van der Waals surface area contributed by atoms with Gasteiger partial charge in [-0.1, -0.05) is 50.1 Å². The zero-order valence-corrected chi connectivity index (χ0v) is 11.7. The molecule has 0 saturated carbocycles. The minimum absolute atomic E-state index is 0.0705. The SMILES string of the molecule is CCCC1CCN(C(=O)[C@H](N)c2ccccc2)CC1. The van der Waals surface area contributed by atoms with Crippen LogP contribution in [0.2, 0.25) is 0 Å². The highest BCUT2D eigenvalue weighted by molar-refractivity contribution is 5.83. The first-order valence-corrected chi connectivity index (χ1v) is 7.31. The highest BCUT2D eigenvalue weighted by Crippen LogP contribution is 2.23. The van der Waals surface area contributed by atoms with Crippen LogP contribution in [0.4, 0.5) is 0 Å². The van der Waals surface area contributed by atoms with Crippen LogP contribution in [0.25, 0.3) is 0 Å². The highest BCUT2D eigenvalue weighted by atomic mass is 16.2. The maximum absolute atomic E-state index is 12.4. The van der Waals surface area contributed by atoms with Gasteiger partial charge in [0, 0.05) is 13.1 Å². The average Bonchev–Trinajstić information content (AvgIpc) is 2.48. The monoisotopic (exact) mass is 260 g/mol. The van der Waals surface area contributed by atoms with E-state index >= 15 is 0 Å². The Morgan fingerprint density at radius 2 is 1.95 bits per heavy atom. The van der Waals surface area contributed by atoms with Gasteiger partial charge in [-0.15, -0.1) is 0 Å². The minimum atomic E-state index is -0.510. The molecule has 1 aromatic carbocycles. The molecule has 1 aliphatic rings. The number of rotatable bonds is 4. The second kappa shape index (κ2) is 6.71. The van der Waals surface area contributed by atoms with Gasteiger partial charge in [-0.2, -0.15) is 0 Å². The van der Waals surface area contributed by atoms with E-state index in [1.165, 1.54) is 12.8 Å². The van der Waals surface area contributed by atoms with Gasteiger partial charge in [-0.05, 0) is 24.3 Å². The van der Waals surface area contributed by atoms with Crippen LogP contribution in [0.15, 0.2) is 30.3 Å². The summed E-state index contributed by atoms with van der Waals surface area (Å²) in [7, 11) is 0. The van der Waals surface area contributed by atoms with E-state index in [4.69, 9.17) is 5.73 Å². The lowest BCUT2D eigenvalue weighted by atomic mass is 9.92. The molecule has 19 heavy (non-hydrogen) atoms. The summed E-state index contributed by atoms with van der Waals surface area (Å²) >= 11 is 0. The predicted molar refractivity (Wildman–Crippen MR) is 77.6 cm³/mol. The van der Waals surface area contributed by atoms with Gasteiger partial charge in [-0.3, -0.25) is 4.79 Å². The fourth-order valence-corrected chi connectivity index (χ4v) is 2.85. The summed E-state index contributed by atoms with van der Waals surface area (Å²) in [5.41, 5.74) is 6.98. The molecule has 1 heterocycles. The molecule has 0 radical (unpaired) electrons. The molecular formula is C16H24N2O. The molecule has 1 saturated heterocycles. The molecule has 3 nitrogen and oxygen atoms in total. The summed E-state index contributed by atoms with van der Waals surface area (Å²) in [6, 6.07) is 9.13. The van der Waals surface area contributed by atoms with Crippen LogP contribution in [0, 0.1) is 5.92 Å². The molecule has 1 fully saturated rings. The molecule has 1 amide bonds. The number of hydrogen-bond donors (Lipinski definition) is 1. The Morgan fingerprint density at radius 3 is 2.53 bits per heavy atom. The molecule has 0 bridgehead atoms. The van der Waals surface area contributed by atoms with Gasteiger partial charge in [-0.25, -0.2) is 0 Å². The normalized spacial score (nSPS) is 18.3. The van der Waals surface area contributed by atoms with Crippen molar-refractivity contribution in [3.8, 4) is 0 Å². The minimum Gasteiger partial charge on any atom is -0.341 e. The quantitative estimate of drug-likeness (QED) is 0.904. The number of benzene rings is 1. The first-order valence-electron chi connectivity index (χ1n) is 7.31. The Hall–Kier alpha value is -1.35. The summed E-state index contributed by atoms with van der Waals surface area (Å²) in [4.78, 5) is 14.3. The second-order valence-electron chi connectivity index (χ2n) is 5.45. The molecule has 0 unspecified atom stereocenters. The van der Waals surface area contributed by atoms with Gasteiger partial charge in [0.2, 0.25) is 5.91 Å². The van der Waals surface area contributed by atoms with Crippen LogP contribution in [0.5, 0.6) is 0 Å². The summed E-state index contributed by atoms with van der Waals surface area (Å²) in [6.07, 6.45) is 4.77. The summed E-state index contributed by atoms with van der Waals surface area (Å²) in [5, 5.41) is 0. The van der Waals surface area contributed by atoms with E-state index in [0.29, 0.717) is 0 Å². The van der Waals surface area contributed by atoms with Gasteiger partial charge < -0.3 is 10.6 Å². The largest absolute Gasteiger partial charge is 0.341 e. The number of nitrogens with zero attached hydrogens (tertiary/aromatic N) is 1. The van der Waals surface area contributed by atoms with E-state index in [1.807, 2.05) is 35.2 Å². The third-order valence-electron chi connectivity index (χ3n) is 4.05. The Bertz CT molecular complexity index is 396. The topological polar surface area (TPSA) is 46.3 Å². The molecule has 1 atom stereocenters. The lowest BCUT2D eigenvalue weighted by Crippen LogP contribution is -2.43. The lowest BCUT2D eigenvalue weighted by molar-refractivity contribution is -0.134. The van der Waals surface area contributed by atoms with Crippen molar-refractivity contribution in [2.24, 2.45) is 11.7 Å². The van der Waals surface area contributed by atoms with E-state index in [2.05, 4.69) is 6.92 Å². The van der Waals surface area contributed by atoms with Crippen LogP contribution in [-0.4, -0.2) is 23.9 Å². The number of piperidine rings is 1. The Morgan fingerprint density at radius 1 is 1.32 bits per heavy atom.